The summed E-state index contributed by atoms with van der Waals surface area (Å²) in [5.74, 6) is -0.244. The Bertz CT molecular complexity index is 858. The van der Waals surface area contributed by atoms with Gasteiger partial charge in [-0.05, 0) is 36.4 Å². The third-order valence-electron chi connectivity index (χ3n) is 3.61. The highest BCUT2D eigenvalue weighted by atomic mass is 35.5. The van der Waals surface area contributed by atoms with Gasteiger partial charge in [-0.3, -0.25) is 4.79 Å². The van der Waals surface area contributed by atoms with Crippen LogP contribution in [0.25, 0.3) is 16.9 Å². The van der Waals surface area contributed by atoms with Crippen LogP contribution in [-0.2, 0) is 11.2 Å². The number of aliphatic carboxylic acids is 1. The van der Waals surface area contributed by atoms with Gasteiger partial charge in [-0.25, -0.2) is 4.68 Å². The van der Waals surface area contributed by atoms with E-state index in [0.717, 1.165) is 11.3 Å². The van der Waals surface area contributed by atoms with Crippen molar-refractivity contribution in [1.29, 1.82) is 0 Å². The molecule has 0 atom stereocenters. The number of hydrogen-bond acceptors (Lipinski definition) is 3. The molecule has 0 spiro atoms. The van der Waals surface area contributed by atoms with Crippen LogP contribution in [0.1, 0.15) is 5.56 Å². The Labute approximate surface area is 144 Å². The number of hydrogen-bond donors (Lipinski definition) is 1. The van der Waals surface area contributed by atoms with Crippen LogP contribution in [0.4, 0.5) is 0 Å². The van der Waals surface area contributed by atoms with Crippen molar-refractivity contribution in [2.45, 2.75) is 6.42 Å². The fourth-order valence-electron chi connectivity index (χ4n) is 2.46. The summed E-state index contributed by atoms with van der Waals surface area (Å²) >= 11 is 6.43. The van der Waals surface area contributed by atoms with E-state index < -0.39 is 5.97 Å². The van der Waals surface area contributed by atoms with Crippen LogP contribution in [0, 0.1) is 0 Å². The summed E-state index contributed by atoms with van der Waals surface area (Å²) in [6.07, 6.45) is -0.201. The summed E-state index contributed by atoms with van der Waals surface area (Å²) in [6.45, 7) is 0. The SMILES string of the molecule is COc1ccc(-c2nn(-c3ccccc3)c(Cl)c2CC(=O)O)cc1. The van der Waals surface area contributed by atoms with Gasteiger partial charge >= 0.3 is 5.97 Å². The van der Waals surface area contributed by atoms with Crippen LogP contribution in [0.5, 0.6) is 5.75 Å². The third kappa shape index (κ3) is 3.12. The molecule has 0 saturated carbocycles. The number of carboxylic acid groups (broad SMARTS) is 1. The summed E-state index contributed by atoms with van der Waals surface area (Å²) < 4.78 is 6.71. The molecule has 0 unspecified atom stereocenters. The Hall–Kier alpha value is -2.79. The molecule has 3 aromatic rings. The minimum absolute atomic E-state index is 0.201. The zero-order chi connectivity index (χ0) is 17.1. The second-order valence-electron chi connectivity index (χ2n) is 5.16. The predicted octanol–water partition coefficient (Wildman–Crippen LogP) is 3.83. The fourth-order valence-corrected chi connectivity index (χ4v) is 2.75. The molecule has 122 valence electrons. The highest BCUT2D eigenvalue weighted by molar-refractivity contribution is 6.31. The van der Waals surface area contributed by atoms with Crippen molar-refractivity contribution in [1.82, 2.24) is 9.78 Å². The summed E-state index contributed by atoms with van der Waals surface area (Å²) in [4.78, 5) is 11.2. The Balaban J connectivity index is 2.14. The lowest BCUT2D eigenvalue weighted by Gasteiger charge is -2.03. The van der Waals surface area contributed by atoms with Gasteiger partial charge in [0.25, 0.3) is 0 Å². The van der Waals surface area contributed by atoms with Gasteiger partial charge in [0.1, 0.15) is 10.9 Å². The largest absolute Gasteiger partial charge is 0.497 e. The number of carbonyl (C=O) groups is 1. The van der Waals surface area contributed by atoms with E-state index in [9.17, 15) is 9.90 Å². The zero-order valence-corrected chi connectivity index (χ0v) is 13.7. The predicted molar refractivity (Wildman–Crippen MR) is 91.9 cm³/mol. The van der Waals surface area contributed by atoms with Crippen LogP contribution < -0.4 is 4.74 Å². The Morgan fingerprint density at radius 1 is 1.17 bits per heavy atom. The Kier molecular flexibility index (Phi) is 4.53. The standard InChI is InChI=1S/C18H15ClN2O3/c1-24-14-9-7-12(8-10-14)17-15(11-16(22)23)18(19)21(20-17)13-5-3-2-4-6-13/h2-10H,11H2,1H3,(H,22,23). The molecule has 5 nitrogen and oxygen atoms in total. The van der Waals surface area contributed by atoms with E-state index >= 15 is 0 Å². The van der Waals surface area contributed by atoms with Crippen LogP contribution >= 0.6 is 11.6 Å². The molecule has 0 radical (unpaired) electrons. The maximum atomic E-state index is 11.2. The molecule has 0 amide bonds. The zero-order valence-electron chi connectivity index (χ0n) is 12.9. The summed E-state index contributed by atoms with van der Waals surface area (Å²) in [5, 5.41) is 14.0. The van der Waals surface area contributed by atoms with Crippen molar-refractivity contribution in [3.05, 3.63) is 65.3 Å². The molecule has 6 heteroatoms. The van der Waals surface area contributed by atoms with Crippen molar-refractivity contribution in [2.24, 2.45) is 0 Å². The highest BCUT2D eigenvalue weighted by Gasteiger charge is 2.21. The van der Waals surface area contributed by atoms with E-state index in [1.807, 2.05) is 42.5 Å². The van der Waals surface area contributed by atoms with E-state index in [1.54, 1.807) is 23.9 Å². The number of aromatic nitrogens is 2. The number of benzene rings is 2. The quantitative estimate of drug-likeness (QED) is 0.765. The molecular formula is C18H15ClN2O3. The first kappa shape index (κ1) is 16.1. The lowest BCUT2D eigenvalue weighted by molar-refractivity contribution is -0.136. The second kappa shape index (κ2) is 6.76. The van der Waals surface area contributed by atoms with E-state index in [-0.39, 0.29) is 6.42 Å². The van der Waals surface area contributed by atoms with Gasteiger partial charge in [0.2, 0.25) is 0 Å². The molecule has 1 aromatic heterocycles. The van der Waals surface area contributed by atoms with Crippen LogP contribution in [0.15, 0.2) is 54.6 Å². The van der Waals surface area contributed by atoms with Crippen molar-refractivity contribution in [3.8, 4) is 22.7 Å². The molecule has 0 fully saturated rings. The molecule has 1 heterocycles. The normalized spacial score (nSPS) is 10.6. The molecule has 24 heavy (non-hydrogen) atoms. The number of methoxy groups -OCH3 is 1. The van der Waals surface area contributed by atoms with Crippen molar-refractivity contribution >= 4 is 17.6 Å². The average molecular weight is 343 g/mol. The molecular weight excluding hydrogens is 328 g/mol. The number of carboxylic acids is 1. The van der Waals surface area contributed by atoms with Crippen molar-refractivity contribution in [2.75, 3.05) is 7.11 Å². The topological polar surface area (TPSA) is 64.4 Å². The number of ether oxygens (including phenoxy) is 1. The van der Waals surface area contributed by atoms with Crippen LogP contribution in [0.3, 0.4) is 0 Å². The van der Waals surface area contributed by atoms with E-state index in [0.29, 0.717) is 22.2 Å². The molecule has 1 N–H and O–H groups in total. The van der Waals surface area contributed by atoms with Crippen molar-refractivity contribution in [3.63, 3.8) is 0 Å². The average Bonchev–Trinajstić information content (AvgIpc) is 2.92. The van der Waals surface area contributed by atoms with Crippen molar-refractivity contribution < 1.29 is 14.6 Å². The number of nitrogens with zero attached hydrogens (tertiary/aromatic N) is 2. The number of para-hydroxylation sites is 1. The molecule has 0 aliphatic heterocycles. The van der Waals surface area contributed by atoms with Gasteiger partial charge in [0.05, 0.1) is 24.9 Å². The van der Waals surface area contributed by atoms with E-state index in [2.05, 4.69) is 5.10 Å². The first-order valence-electron chi connectivity index (χ1n) is 7.29. The summed E-state index contributed by atoms with van der Waals surface area (Å²) in [7, 11) is 1.59. The molecule has 3 rings (SSSR count). The Morgan fingerprint density at radius 3 is 2.42 bits per heavy atom. The molecule has 2 aromatic carbocycles. The van der Waals surface area contributed by atoms with E-state index in [4.69, 9.17) is 16.3 Å². The maximum absolute atomic E-state index is 11.2. The van der Waals surface area contributed by atoms with Gasteiger partial charge in [0, 0.05) is 11.1 Å². The van der Waals surface area contributed by atoms with Gasteiger partial charge in [-0.15, -0.1) is 0 Å². The third-order valence-corrected chi connectivity index (χ3v) is 4.00. The maximum Gasteiger partial charge on any atom is 0.308 e. The number of halogens is 1. The molecule has 0 aliphatic carbocycles. The summed E-state index contributed by atoms with van der Waals surface area (Å²) in [6, 6.07) is 16.6. The van der Waals surface area contributed by atoms with Crippen LogP contribution in [-0.4, -0.2) is 28.0 Å². The monoisotopic (exact) mass is 342 g/mol. The lowest BCUT2D eigenvalue weighted by Crippen LogP contribution is -2.01. The minimum atomic E-state index is -0.959. The van der Waals surface area contributed by atoms with Gasteiger partial charge in [-0.2, -0.15) is 5.10 Å². The number of rotatable bonds is 5. The first-order valence-corrected chi connectivity index (χ1v) is 7.67. The molecule has 0 aliphatic rings. The van der Waals surface area contributed by atoms with E-state index in [1.165, 1.54) is 0 Å². The first-order chi connectivity index (χ1) is 11.6. The fraction of sp³-hybridized carbons (Fsp3) is 0.111. The second-order valence-corrected chi connectivity index (χ2v) is 5.52. The molecule has 0 bridgehead atoms. The van der Waals surface area contributed by atoms with Gasteiger partial charge in [0.15, 0.2) is 0 Å². The van der Waals surface area contributed by atoms with Crippen LogP contribution in [0.2, 0.25) is 5.15 Å². The minimum Gasteiger partial charge on any atom is -0.497 e. The smallest absolute Gasteiger partial charge is 0.308 e. The highest BCUT2D eigenvalue weighted by Crippen LogP contribution is 2.32. The Morgan fingerprint density at radius 2 is 1.83 bits per heavy atom. The van der Waals surface area contributed by atoms with Gasteiger partial charge in [-0.1, -0.05) is 29.8 Å². The summed E-state index contributed by atoms with van der Waals surface area (Å²) in [5.41, 5.74) is 2.59. The van der Waals surface area contributed by atoms with Gasteiger partial charge < -0.3 is 9.84 Å². The molecule has 0 saturated heterocycles. The lowest BCUT2D eigenvalue weighted by atomic mass is 10.1.